The highest BCUT2D eigenvalue weighted by Crippen LogP contribution is 2.63. The molecular formula is C59H41N. The summed E-state index contributed by atoms with van der Waals surface area (Å²) in [6.45, 7) is 4.78. The van der Waals surface area contributed by atoms with Crippen molar-refractivity contribution in [2.45, 2.75) is 24.7 Å². The van der Waals surface area contributed by atoms with E-state index in [9.17, 15) is 0 Å². The molecule has 282 valence electrons. The fraction of sp³-hybridized carbons (Fsp3) is 0.0678. The van der Waals surface area contributed by atoms with Gasteiger partial charge in [-0.25, -0.2) is 4.98 Å². The lowest BCUT2D eigenvalue weighted by molar-refractivity contribution is 0.563. The molecule has 0 amide bonds. The maximum absolute atomic E-state index is 5.55. The van der Waals surface area contributed by atoms with Gasteiger partial charge in [0.15, 0.2) is 0 Å². The average Bonchev–Trinajstić information content (AvgIpc) is 3.61. The minimum Gasteiger partial charge on any atom is -0.248 e. The van der Waals surface area contributed by atoms with Gasteiger partial charge in [0.05, 0.1) is 16.8 Å². The molecule has 0 saturated carbocycles. The summed E-state index contributed by atoms with van der Waals surface area (Å²) in [4.78, 5) is 5.55. The number of benzene rings is 9. The number of aromatic nitrogens is 1. The molecule has 9 aromatic carbocycles. The SMILES string of the molecule is CC1(C)c2ccccc2C2(c3ccc(-c4cc5ccccc5c5ccccc45)cc3-c3c(-c4cc(-c5ccccc5)cc(-c5ccccc5)n4)cccc32)c2ccccc21. The van der Waals surface area contributed by atoms with Crippen molar-refractivity contribution in [3.05, 3.63) is 246 Å². The minimum atomic E-state index is -0.535. The van der Waals surface area contributed by atoms with Crippen molar-refractivity contribution in [3.63, 3.8) is 0 Å². The van der Waals surface area contributed by atoms with Crippen molar-refractivity contribution < 1.29 is 0 Å². The van der Waals surface area contributed by atoms with Crippen LogP contribution in [0.4, 0.5) is 0 Å². The predicted octanol–water partition coefficient (Wildman–Crippen LogP) is 15.1. The van der Waals surface area contributed by atoms with Crippen LogP contribution in [0.1, 0.15) is 47.2 Å². The Morgan fingerprint density at radius 2 is 0.883 bits per heavy atom. The van der Waals surface area contributed by atoms with Crippen LogP contribution in [-0.4, -0.2) is 4.98 Å². The molecule has 1 heteroatoms. The summed E-state index contributed by atoms with van der Waals surface area (Å²) in [7, 11) is 0. The zero-order valence-electron chi connectivity index (χ0n) is 33.7. The quantitative estimate of drug-likeness (QED) is 0.163. The molecule has 1 nitrogen and oxygen atoms in total. The van der Waals surface area contributed by atoms with E-state index in [2.05, 4.69) is 226 Å². The van der Waals surface area contributed by atoms with Gasteiger partial charge in [0.25, 0.3) is 0 Å². The van der Waals surface area contributed by atoms with Gasteiger partial charge in [-0.3, -0.25) is 0 Å². The van der Waals surface area contributed by atoms with Crippen LogP contribution < -0.4 is 0 Å². The summed E-state index contributed by atoms with van der Waals surface area (Å²) in [5, 5.41) is 5.06. The van der Waals surface area contributed by atoms with Crippen molar-refractivity contribution >= 4 is 21.5 Å². The third kappa shape index (κ3) is 4.90. The molecule has 2 aliphatic carbocycles. The van der Waals surface area contributed by atoms with Gasteiger partial charge in [0, 0.05) is 16.5 Å². The van der Waals surface area contributed by atoms with Gasteiger partial charge >= 0.3 is 0 Å². The zero-order valence-corrected chi connectivity index (χ0v) is 33.7. The lowest BCUT2D eigenvalue weighted by Crippen LogP contribution is -2.40. The Morgan fingerprint density at radius 3 is 1.60 bits per heavy atom. The largest absolute Gasteiger partial charge is 0.248 e. The second kappa shape index (κ2) is 13.1. The van der Waals surface area contributed by atoms with Crippen LogP contribution in [0.2, 0.25) is 0 Å². The number of hydrogen-bond donors (Lipinski definition) is 0. The highest BCUT2D eigenvalue weighted by molar-refractivity contribution is 6.14. The summed E-state index contributed by atoms with van der Waals surface area (Å²) in [5.74, 6) is 0. The van der Waals surface area contributed by atoms with Crippen molar-refractivity contribution in [2.75, 3.05) is 0 Å². The Labute approximate surface area is 351 Å². The fourth-order valence-electron chi connectivity index (χ4n) is 10.9. The predicted molar refractivity (Wildman–Crippen MR) is 250 cm³/mol. The Morgan fingerprint density at radius 1 is 0.317 bits per heavy atom. The van der Waals surface area contributed by atoms with Crippen LogP contribution in [0.25, 0.3) is 77.4 Å². The minimum absolute atomic E-state index is 0.181. The van der Waals surface area contributed by atoms with E-state index >= 15 is 0 Å². The molecule has 10 aromatic rings. The van der Waals surface area contributed by atoms with Crippen LogP contribution in [-0.2, 0) is 10.8 Å². The summed E-state index contributed by atoms with van der Waals surface area (Å²) < 4.78 is 0. The van der Waals surface area contributed by atoms with Crippen LogP contribution in [0.5, 0.6) is 0 Å². The third-order valence-corrected chi connectivity index (χ3v) is 13.5. The third-order valence-electron chi connectivity index (χ3n) is 13.5. The molecule has 0 atom stereocenters. The first-order chi connectivity index (χ1) is 29.5. The Hall–Kier alpha value is -7.35. The van der Waals surface area contributed by atoms with Gasteiger partial charge in [-0.1, -0.05) is 202 Å². The molecule has 12 rings (SSSR count). The van der Waals surface area contributed by atoms with Crippen molar-refractivity contribution in [2.24, 2.45) is 0 Å². The topological polar surface area (TPSA) is 12.9 Å². The summed E-state index contributed by atoms with van der Waals surface area (Å²) in [6, 6.07) is 78.6. The van der Waals surface area contributed by atoms with Crippen LogP contribution >= 0.6 is 0 Å². The lowest BCUT2D eigenvalue weighted by atomic mass is 9.55. The molecule has 0 bridgehead atoms. The van der Waals surface area contributed by atoms with Crippen LogP contribution in [0.3, 0.4) is 0 Å². The van der Waals surface area contributed by atoms with Crippen molar-refractivity contribution in [1.29, 1.82) is 0 Å². The standard InChI is InChI=1S/C59H41N/c1-58(2)50-27-13-15-29-52(50)59(53-30-16-14-28-51(53)58)49-33-32-41(47-34-40-22-9-10-23-43(40)44-24-11-12-25-45(44)47)35-48(49)57-46(26-17-31-54(57)59)56-37-42(38-18-5-3-6-19-38)36-55(60-56)39-20-7-4-8-21-39/h3-37H,1-2H3. The number of nitrogens with zero attached hydrogens (tertiary/aromatic N) is 1. The monoisotopic (exact) mass is 763 g/mol. The molecule has 0 fully saturated rings. The summed E-state index contributed by atoms with van der Waals surface area (Å²) >= 11 is 0. The van der Waals surface area contributed by atoms with E-state index in [1.807, 2.05) is 0 Å². The number of fused-ring (bicyclic) bond motifs is 12. The van der Waals surface area contributed by atoms with Gasteiger partial charge < -0.3 is 0 Å². The molecule has 1 aromatic heterocycles. The molecule has 1 spiro atoms. The molecule has 0 unspecified atom stereocenters. The van der Waals surface area contributed by atoms with Gasteiger partial charge in [0.2, 0.25) is 0 Å². The first kappa shape index (κ1) is 34.7. The highest BCUT2D eigenvalue weighted by atomic mass is 14.7. The first-order valence-corrected chi connectivity index (χ1v) is 21.0. The van der Waals surface area contributed by atoms with Crippen molar-refractivity contribution in [3.8, 4) is 55.9 Å². The molecular weight excluding hydrogens is 723 g/mol. The van der Waals surface area contributed by atoms with E-state index < -0.39 is 5.41 Å². The van der Waals surface area contributed by atoms with E-state index in [1.54, 1.807) is 0 Å². The summed E-state index contributed by atoms with van der Waals surface area (Å²) in [5.41, 5.74) is 18.8. The molecule has 1 heterocycles. The Bertz CT molecular complexity index is 3230. The number of hydrogen-bond acceptors (Lipinski definition) is 1. The van der Waals surface area contributed by atoms with E-state index in [0.717, 1.165) is 28.1 Å². The maximum Gasteiger partial charge on any atom is 0.0722 e. The van der Waals surface area contributed by atoms with E-state index in [1.165, 1.54) is 82.7 Å². The second-order valence-corrected chi connectivity index (χ2v) is 17.0. The molecule has 0 saturated heterocycles. The number of rotatable bonds is 4. The smallest absolute Gasteiger partial charge is 0.0722 e. The van der Waals surface area contributed by atoms with Gasteiger partial charge in [-0.2, -0.15) is 0 Å². The molecule has 0 radical (unpaired) electrons. The molecule has 2 aliphatic rings. The zero-order chi connectivity index (χ0) is 40.0. The molecule has 60 heavy (non-hydrogen) atoms. The summed E-state index contributed by atoms with van der Waals surface area (Å²) in [6.07, 6.45) is 0. The van der Waals surface area contributed by atoms with Gasteiger partial charge in [0.1, 0.15) is 0 Å². The fourth-order valence-corrected chi connectivity index (χ4v) is 10.9. The number of pyridine rings is 1. The van der Waals surface area contributed by atoms with E-state index in [0.29, 0.717) is 0 Å². The second-order valence-electron chi connectivity index (χ2n) is 17.0. The normalized spacial score (nSPS) is 14.1. The Kier molecular flexibility index (Phi) is 7.56. The highest BCUT2D eigenvalue weighted by Gasteiger charge is 2.53. The lowest BCUT2D eigenvalue weighted by Gasteiger charge is -2.46. The average molecular weight is 764 g/mol. The van der Waals surface area contributed by atoms with Crippen LogP contribution in [0.15, 0.2) is 212 Å². The molecule has 0 N–H and O–H groups in total. The van der Waals surface area contributed by atoms with Crippen LogP contribution in [0, 0.1) is 0 Å². The van der Waals surface area contributed by atoms with Crippen molar-refractivity contribution in [1.82, 2.24) is 4.98 Å². The first-order valence-electron chi connectivity index (χ1n) is 21.0. The van der Waals surface area contributed by atoms with Gasteiger partial charge in [-0.15, -0.1) is 0 Å². The van der Waals surface area contributed by atoms with E-state index in [4.69, 9.17) is 4.98 Å². The van der Waals surface area contributed by atoms with E-state index in [-0.39, 0.29) is 5.41 Å². The maximum atomic E-state index is 5.55. The van der Waals surface area contributed by atoms with Gasteiger partial charge in [-0.05, 0) is 113 Å². The molecule has 0 aliphatic heterocycles. The Balaban J connectivity index is 1.20.